The van der Waals surface area contributed by atoms with Gasteiger partial charge in [-0.25, -0.2) is 13.1 Å². The predicted molar refractivity (Wildman–Crippen MR) is 133 cm³/mol. The van der Waals surface area contributed by atoms with Gasteiger partial charge in [0.1, 0.15) is 0 Å². The maximum atomic E-state index is 13.3. The SMILES string of the molecule is CCN(c1ccccc1)S(=O)(=O)c1cccc(C(=O)Nc2cccc(-c3nnnn3C3CC3)c2)c1. The van der Waals surface area contributed by atoms with Crippen molar-refractivity contribution in [3.8, 4) is 11.4 Å². The number of benzene rings is 3. The minimum atomic E-state index is -3.85. The fourth-order valence-corrected chi connectivity index (χ4v) is 5.42. The van der Waals surface area contributed by atoms with Gasteiger partial charge in [-0.15, -0.1) is 5.10 Å². The summed E-state index contributed by atoms with van der Waals surface area (Å²) in [6.07, 6.45) is 2.10. The summed E-state index contributed by atoms with van der Waals surface area (Å²) in [5.41, 5.74) is 2.15. The van der Waals surface area contributed by atoms with Crippen LogP contribution >= 0.6 is 0 Å². The van der Waals surface area contributed by atoms with Gasteiger partial charge < -0.3 is 5.32 Å². The molecule has 9 nitrogen and oxygen atoms in total. The molecule has 3 aromatic carbocycles. The number of sulfonamides is 1. The Kier molecular flexibility index (Phi) is 6.04. The van der Waals surface area contributed by atoms with Gasteiger partial charge in [-0.1, -0.05) is 36.4 Å². The van der Waals surface area contributed by atoms with E-state index in [1.807, 2.05) is 22.9 Å². The molecular weight excluding hydrogens is 464 g/mol. The molecule has 4 aromatic rings. The normalized spacial score (nSPS) is 13.4. The zero-order valence-electron chi connectivity index (χ0n) is 19.1. The van der Waals surface area contributed by atoms with Crippen molar-refractivity contribution in [1.82, 2.24) is 20.2 Å². The van der Waals surface area contributed by atoms with Gasteiger partial charge in [0.25, 0.3) is 15.9 Å². The third-order valence-corrected chi connectivity index (χ3v) is 7.68. The molecule has 5 rings (SSSR count). The molecule has 178 valence electrons. The van der Waals surface area contributed by atoms with Crippen molar-refractivity contribution in [2.24, 2.45) is 0 Å². The van der Waals surface area contributed by atoms with E-state index in [0.717, 1.165) is 18.4 Å². The van der Waals surface area contributed by atoms with Crippen LogP contribution in [0.5, 0.6) is 0 Å². The molecule has 0 saturated heterocycles. The number of hydrogen-bond donors (Lipinski definition) is 1. The fourth-order valence-electron chi connectivity index (χ4n) is 3.90. The zero-order valence-corrected chi connectivity index (χ0v) is 19.9. The number of nitrogens with one attached hydrogen (secondary N) is 1. The number of anilines is 2. The van der Waals surface area contributed by atoms with E-state index in [2.05, 4.69) is 20.8 Å². The Hall–Kier alpha value is -4.05. The Bertz CT molecular complexity index is 1470. The number of rotatable bonds is 8. The second-order valence-corrected chi connectivity index (χ2v) is 10.1. The Morgan fingerprint density at radius 1 is 1.03 bits per heavy atom. The highest BCUT2D eigenvalue weighted by molar-refractivity contribution is 7.92. The van der Waals surface area contributed by atoms with Gasteiger partial charge in [0.2, 0.25) is 0 Å². The number of amides is 1. The van der Waals surface area contributed by atoms with E-state index in [0.29, 0.717) is 23.2 Å². The first-order chi connectivity index (χ1) is 17.0. The molecule has 1 fully saturated rings. The maximum Gasteiger partial charge on any atom is 0.264 e. The third kappa shape index (κ3) is 4.65. The first-order valence-corrected chi connectivity index (χ1v) is 12.8. The molecule has 0 unspecified atom stereocenters. The Labute approximate surface area is 203 Å². The maximum absolute atomic E-state index is 13.3. The lowest BCUT2D eigenvalue weighted by Crippen LogP contribution is -2.30. The molecule has 1 amide bonds. The molecule has 0 bridgehead atoms. The summed E-state index contributed by atoms with van der Waals surface area (Å²) in [6.45, 7) is 2.03. The largest absolute Gasteiger partial charge is 0.322 e. The quantitative estimate of drug-likeness (QED) is 0.399. The van der Waals surface area contributed by atoms with E-state index < -0.39 is 15.9 Å². The van der Waals surface area contributed by atoms with E-state index >= 15 is 0 Å². The van der Waals surface area contributed by atoms with Crippen LogP contribution in [-0.2, 0) is 10.0 Å². The first-order valence-electron chi connectivity index (χ1n) is 11.3. The van der Waals surface area contributed by atoms with Gasteiger partial charge >= 0.3 is 0 Å². The Morgan fingerprint density at radius 3 is 2.54 bits per heavy atom. The van der Waals surface area contributed by atoms with Crippen LogP contribution in [0.1, 0.15) is 36.2 Å². The average Bonchev–Trinajstić information content (AvgIpc) is 3.61. The molecule has 10 heteroatoms. The highest BCUT2D eigenvalue weighted by Crippen LogP contribution is 2.36. The lowest BCUT2D eigenvalue weighted by atomic mass is 10.1. The van der Waals surface area contributed by atoms with Gasteiger partial charge in [0.05, 0.1) is 16.6 Å². The van der Waals surface area contributed by atoms with E-state index in [1.54, 1.807) is 55.5 Å². The number of carbonyl (C=O) groups excluding carboxylic acids is 1. The number of nitrogens with zero attached hydrogens (tertiary/aromatic N) is 5. The summed E-state index contributed by atoms with van der Waals surface area (Å²) in [4.78, 5) is 13.1. The van der Waals surface area contributed by atoms with E-state index in [4.69, 9.17) is 0 Å². The van der Waals surface area contributed by atoms with Gasteiger partial charge in [-0.05, 0) is 72.7 Å². The summed E-state index contributed by atoms with van der Waals surface area (Å²) < 4.78 is 29.8. The summed E-state index contributed by atoms with van der Waals surface area (Å²) in [5.74, 6) is 0.237. The van der Waals surface area contributed by atoms with Gasteiger partial charge in [0, 0.05) is 23.4 Å². The van der Waals surface area contributed by atoms with Crippen molar-refractivity contribution < 1.29 is 13.2 Å². The van der Waals surface area contributed by atoms with Crippen molar-refractivity contribution in [2.75, 3.05) is 16.2 Å². The van der Waals surface area contributed by atoms with Crippen molar-refractivity contribution in [3.05, 3.63) is 84.4 Å². The number of carbonyl (C=O) groups is 1. The number of tetrazole rings is 1. The second kappa shape index (κ2) is 9.30. The summed E-state index contributed by atoms with van der Waals surface area (Å²) >= 11 is 0. The van der Waals surface area contributed by atoms with Crippen LogP contribution in [0.2, 0.25) is 0 Å². The minimum Gasteiger partial charge on any atom is -0.322 e. The Balaban J connectivity index is 1.38. The molecular formula is C25H24N6O3S. The Morgan fingerprint density at radius 2 is 1.80 bits per heavy atom. The van der Waals surface area contributed by atoms with E-state index in [9.17, 15) is 13.2 Å². The minimum absolute atomic E-state index is 0.0493. The molecule has 0 atom stereocenters. The summed E-state index contributed by atoms with van der Waals surface area (Å²) in [5, 5.41) is 14.8. The lowest BCUT2D eigenvalue weighted by molar-refractivity contribution is 0.102. The van der Waals surface area contributed by atoms with Crippen LogP contribution in [0.3, 0.4) is 0 Å². The summed E-state index contributed by atoms with van der Waals surface area (Å²) in [7, 11) is -3.85. The number of hydrogen-bond acceptors (Lipinski definition) is 6. The highest BCUT2D eigenvalue weighted by atomic mass is 32.2. The smallest absolute Gasteiger partial charge is 0.264 e. The highest BCUT2D eigenvalue weighted by Gasteiger charge is 2.28. The molecule has 0 spiro atoms. The van der Waals surface area contributed by atoms with E-state index in [1.165, 1.54) is 16.4 Å². The van der Waals surface area contributed by atoms with Gasteiger partial charge in [-0.2, -0.15) is 0 Å². The number of aromatic nitrogens is 4. The van der Waals surface area contributed by atoms with Crippen molar-refractivity contribution >= 4 is 27.3 Å². The summed E-state index contributed by atoms with van der Waals surface area (Å²) in [6, 6.07) is 22.5. The van der Waals surface area contributed by atoms with Crippen molar-refractivity contribution in [2.45, 2.75) is 30.7 Å². The van der Waals surface area contributed by atoms with Gasteiger partial charge in [0.15, 0.2) is 5.82 Å². The van der Waals surface area contributed by atoms with Crippen LogP contribution in [0.15, 0.2) is 83.8 Å². The monoisotopic (exact) mass is 488 g/mol. The van der Waals surface area contributed by atoms with Crippen LogP contribution in [-0.4, -0.2) is 41.1 Å². The molecule has 1 saturated carbocycles. The molecule has 1 heterocycles. The van der Waals surface area contributed by atoms with Crippen LogP contribution in [0.4, 0.5) is 11.4 Å². The van der Waals surface area contributed by atoms with Crippen LogP contribution in [0, 0.1) is 0 Å². The molecule has 35 heavy (non-hydrogen) atoms. The molecule has 1 aliphatic rings. The third-order valence-electron chi connectivity index (χ3n) is 5.78. The standard InChI is InChI=1S/C25H24N6O3S/c1-2-30(21-11-4-3-5-12-21)35(33,34)23-13-7-9-19(17-23)25(32)26-20-10-6-8-18(16-20)24-27-28-29-31(24)22-14-15-22/h3-13,16-17,22H,2,14-15H2,1H3,(H,26,32). The van der Waals surface area contributed by atoms with E-state index in [-0.39, 0.29) is 17.0 Å². The second-order valence-electron chi connectivity index (χ2n) is 8.25. The molecule has 0 aliphatic heterocycles. The predicted octanol–water partition coefficient (Wildman–Crippen LogP) is 4.14. The topological polar surface area (TPSA) is 110 Å². The molecule has 0 radical (unpaired) electrons. The lowest BCUT2D eigenvalue weighted by Gasteiger charge is -2.23. The average molecular weight is 489 g/mol. The van der Waals surface area contributed by atoms with Crippen molar-refractivity contribution in [3.63, 3.8) is 0 Å². The van der Waals surface area contributed by atoms with Crippen LogP contribution < -0.4 is 9.62 Å². The van der Waals surface area contributed by atoms with Crippen LogP contribution in [0.25, 0.3) is 11.4 Å². The number of para-hydroxylation sites is 1. The zero-order chi connectivity index (χ0) is 24.4. The first kappa shape index (κ1) is 22.7. The molecule has 1 aromatic heterocycles. The fraction of sp³-hybridized carbons (Fsp3) is 0.200. The molecule has 1 N–H and O–H groups in total. The van der Waals surface area contributed by atoms with Crippen molar-refractivity contribution in [1.29, 1.82) is 0 Å². The molecule has 1 aliphatic carbocycles. The van der Waals surface area contributed by atoms with Gasteiger partial charge in [-0.3, -0.25) is 9.10 Å².